The molecule has 0 saturated carbocycles. The summed E-state index contributed by atoms with van der Waals surface area (Å²) >= 11 is 0. The minimum atomic E-state index is -3.78. The van der Waals surface area contributed by atoms with E-state index in [9.17, 15) is 22.0 Å². The fourth-order valence-electron chi connectivity index (χ4n) is 3.72. The van der Waals surface area contributed by atoms with E-state index in [1.807, 2.05) is 19.1 Å². The van der Waals surface area contributed by atoms with Crippen molar-refractivity contribution in [3.8, 4) is 5.75 Å². The molecule has 1 aliphatic heterocycles. The van der Waals surface area contributed by atoms with E-state index in [1.54, 1.807) is 17.0 Å². The first-order valence-corrected chi connectivity index (χ1v) is 12.3. The van der Waals surface area contributed by atoms with E-state index in [-0.39, 0.29) is 22.7 Å². The van der Waals surface area contributed by atoms with Crippen molar-refractivity contribution in [3.63, 3.8) is 0 Å². The topological polar surface area (TPSA) is 75.7 Å². The second-order valence-corrected chi connectivity index (χ2v) is 9.86. The molecule has 0 aromatic heterocycles. The quantitative estimate of drug-likeness (QED) is 0.545. The zero-order valence-electron chi connectivity index (χ0n) is 18.5. The maximum Gasteiger partial charge on any atom is 0.261 e. The molecule has 0 spiro atoms. The van der Waals surface area contributed by atoms with Crippen molar-refractivity contribution >= 4 is 21.6 Å². The number of halogens is 2. The molecule has 0 radical (unpaired) electrons. The van der Waals surface area contributed by atoms with Gasteiger partial charge in [0.15, 0.2) is 11.6 Å². The van der Waals surface area contributed by atoms with E-state index < -0.39 is 21.7 Å². The van der Waals surface area contributed by atoms with Gasteiger partial charge in [-0.3, -0.25) is 9.52 Å². The molecule has 1 amide bonds. The lowest BCUT2D eigenvalue weighted by molar-refractivity contribution is 0.0588. The lowest BCUT2D eigenvalue weighted by Gasteiger charge is -2.32. The zero-order valence-corrected chi connectivity index (χ0v) is 19.3. The fourth-order valence-corrected chi connectivity index (χ4v) is 4.78. The molecule has 9 heteroatoms. The lowest BCUT2D eigenvalue weighted by atomic mass is 10.1. The summed E-state index contributed by atoms with van der Waals surface area (Å²) in [5, 5.41) is 0. The van der Waals surface area contributed by atoms with Crippen LogP contribution in [0.4, 0.5) is 14.5 Å². The number of nitrogens with zero attached hydrogens (tertiary/aromatic N) is 1. The molecule has 0 atom stereocenters. The van der Waals surface area contributed by atoms with Gasteiger partial charge < -0.3 is 9.64 Å². The molecule has 3 aromatic carbocycles. The summed E-state index contributed by atoms with van der Waals surface area (Å²) in [7, 11) is -3.78. The van der Waals surface area contributed by atoms with Crippen molar-refractivity contribution in [3.05, 3.63) is 89.5 Å². The molecule has 6 nitrogen and oxygen atoms in total. The van der Waals surface area contributed by atoms with Gasteiger partial charge in [-0.15, -0.1) is 0 Å². The van der Waals surface area contributed by atoms with E-state index >= 15 is 0 Å². The van der Waals surface area contributed by atoms with Gasteiger partial charge in [0.2, 0.25) is 0 Å². The highest BCUT2D eigenvalue weighted by Gasteiger charge is 2.26. The van der Waals surface area contributed by atoms with Crippen LogP contribution in [0.2, 0.25) is 0 Å². The van der Waals surface area contributed by atoms with Gasteiger partial charge in [-0.25, -0.2) is 17.2 Å². The van der Waals surface area contributed by atoms with Crippen LogP contribution in [0.25, 0.3) is 0 Å². The Kier molecular flexibility index (Phi) is 6.83. The van der Waals surface area contributed by atoms with Crippen LogP contribution in [0.1, 0.15) is 28.8 Å². The monoisotopic (exact) mass is 486 g/mol. The van der Waals surface area contributed by atoms with Gasteiger partial charge in [-0.1, -0.05) is 17.7 Å². The van der Waals surface area contributed by atoms with Crippen LogP contribution in [0.5, 0.6) is 5.75 Å². The number of nitrogens with one attached hydrogen (secondary N) is 1. The van der Waals surface area contributed by atoms with Crippen molar-refractivity contribution < 1.29 is 26.7 Å². The van der Waals surface area contributed by atoms with E-state index in [2.05, 4.69) is 4.72 Å². The van der Waals surface area contributed by atoms with Crippen LogP contribution in [0.15, 0.2) is 71.6 Å². The maximum absolute atomic E-state index is 13.8. The van der Waals surface area contributed by atoms with Gasteiger partial charge in [0.05, 0.1) is 4.90 Å². The first kappa shape index (κ1) is 23.7. The van der Waals surface area contributed by atoms with Crippen LogP contribution in [0.3, 0.4) is 0 Å². The Morgan fingerprint density at radius 2 is 1.62 bits per heavy atom. The highest BCUT2D eigenvalue weighted by molar-refractivity contribution is 7.92. The van der Waals surface area contributed by atoms with Crippen LogP contribution in [-0.2, 0) is 10.0 Å². The normalized spacial score (nSPS) is 14.6. The van der Waals surface area contributed by atoms with Crippen molar-refractivity contribution in [2.75, 3.05) is 17.8 Å². The molecule has 0 unspecified atom stereocenters. The average molecular weight is 487 g/mol. The van der Waals surface area contributed by atoms with E-state index in [0.717, 1.165) is 17.7 Å². The Bertz CT molecular complexity index is 1270. The Labute approximate surface area is 197 Å². The Balaban J connectivity index is 1.35. The maximum atomic E-state index is 13.8. The lowest BCUT2D eigenvalue weighted by Crippen LogP contribution is -2.41. The van der Waals surface area contributed by atoms with Crippen molar-refractivity contribution in [1.82, 2.24) is 4.90 Å². The number of anilines is 1. The standard InChI is InChI=1S/C25H24F2N2O4S/c1-17-2-7-20(8-3-17)28-34(31,32)22-9-4-18(5-10-22)25(30)29-14-12-21(13-15-29)33-24-11-6-19(26)16-23(24)27/h2-11,16,21,28H,12-15H2,1H3. The van der Waals surface area contributed by atoms with Gasteiger partial charge in [-0.05, 0) is 55.5 Å². The number of likely N-dealkylation sites (tertiary alicyclic amines) is 1. The first-order valence-electron chi connectivity index (χ1n) is 10.8. The number of ether oxygens (including phenoxy) is 1. The van der Waals surface area contributed by atoms with E-state index in [1.165, 1.54) is 30.3 Å². The van der Waals surface area contributed by atoms with Gasteiger partial charge in [0.25, 0.3) is 15.9 Å². The van der Waals surface area contributed by atoms with Crippen molar-refractivity contribution in [2.45, 2.75) is 30.8 Å². The summed E-state index contributed by atoms with van der Waals surface area (Å²) in [4.78, 5) is 14.6. The second-order valence-electron chi connectivity index (χ2n) is 8.18. The van der Waals surface area contributed by atoms with Crippen LogP contribution >= 0.6 is 0 Å². The van der Waals surface area contributed by atoms with Gasteiger partial charge in [0, 0.05) is 43.2 Å². The molecular formula is C25H24F2N2O4S. The number of hydrogen-bond acceptors (Lipinski definition) is 4. The minimum absolute atomic E-state index is 0.0118. The third-order valence-electron chi connectivity index (χ3n) is 5.63. The SMILES string of the molecule is Cc1ccc(NS(=O)(=O)c2ccc(C(=O)N3CCC(Oc4ccc(F)cc4F)CC3)cc2)cc1. The van der Waals surface area contributed by atoms with Gasteiger partial charge in [-0.2, -0.15) is 0 Å². The largest absolute Gasteiger partial charge is 0.487 e. The number of piperidine rings is 1. The average Bonchev–Trinajstić information content (AvgIpc) is 2.82. The molecule has 3 aromatic rings. The number of aryl methyl sites for hydroxylation is 1. The molecule has 1 aliphatic rings. The number of benzene rings is 3. The first-order chi connectivity index (χ1) is 16.2. The summed E-state index contributed by atoms with van der Waals surface area (Å²) in [5.41, 5.74) is 1.85. The summed E-state index contributed by atoms with van der Waals surface area (Å²) in [5.74, 6) is -1.66. The predicted octanol–water partition coefficient (Wildman–Crippen LogP) is 4.76. The number of amides is 1. The summed E-state index contributed by atoms with van der Waals surface area (Å²) in [6.07, 6.45) is 0.703. The van der Waals surface area contributed by atoms with E-state index in [4.69, 9.17) is 4.74 Å². The molecule has 0 aliphatic carbocycles. The molecule has 178 valence electrons. The number of rotatable bonds is 6. The third-order valence-corrected chi connectivity index (χ3v) is 7.03. The summed E-state index contributed by atoms with van der Waals surface area (Å²) in [6.45, 7) is 2.72. The molecule has 1 N–H and O–H groups in total. The Morgan fingerprint density at radius 1 is 0.971 bits per heavy atom. The molecular weight excluding hydrogens is 462 g/mol. The van der Waals surface area contributed by atoms with Crippen LogP contribution in [0, 0.1) is 18.6 Å². The molecule has 1 saturated heterocycles. The smallest absolute Gasteiger partial charge is 0.261 e. The fraction of sp³-hybridized carbons (Fsp3) is 0.240. The second kappa shape index (κ2) is 9.80. The number of hydrogen-bond donors (Lipinski definition) is 1. The van der Waals surface area contributed by atoms with Gasteiger partial charge in [0.1, 0.15) is 11.9 Å². The molecule has 0 bridgehead atoms. The van der Waals surface area contributed by atoms with Crippen LogP contribution in [-0.4, -0.2) is 38.4 Å². The van der Waals surface area contributed by atoms with E-state index in [0.29, 0.717) is 37.2 Å². The molecule has 4 rings (SSSR count). The Hall–Kier alpha value is -3.46. The number of carbonyl (C=O) groups is 1. The summed E-state index contributed by atoms with van der Waals surface area (Å²) in [6, 6.07) is 15.9. The van der Waals surface area contributed by atoms with Gasteiger partial charge >= 0.3 is 0 Å². The van der Waals surface area contributed by atoms with Crippen LogP contribution < -0.4 is 9.46 Å². The summed E-state index contributed by atoms with van der Waals surface area (Å²) < 4.78 is 60.3. The number of carbonyl (C=O) groups excluding carboxylic acids is 1. The van der Waals surface area contributed by atoms with Crippen molar-refractivity contribution in [1.29, 1.82) is 0 Å². The van der Waals surface area contributed by atoms with Crippen molar-refractivity contribution in [2.24, 2.45) is 0 Å². The Morgan fingerprint density at radius 3 is 2.24 bits per heavy atom. The minimum Gasteiger partial charge on any atom is -0.487 e. The molecule has 1 heterocycles. The highest BCUT2D eigenvalue weighted by atomic mass is 32.2. The number of sulfonamides is 1. The highest BCUT2D eigenvalue weighted by Crippen LogP contribution is 2.24. The third kappa shape index (κ3) is 5.53. The molecule has 34 heavy (non-hydrogen) atoms. The molecule has 1 fully saturated rings. The zero-order chi connectivity index (χ0) is 24.3. The predicted molar refractivity (Wildman–Crippen MR) is 124 cm³/mol.